The summed E-state index contributed by atoms with van der Waals surface area (Å²) in [6.07, 6.45) is 3.27. The van der Waals surface area contributed by atoms with E-state index in [-0.39, 0.29) is 11.2 Å². The topological polar surface area (TPSA) is 21.3 Å². The molecule has 3 heteroatoms. The Morgan fingerprint density at radius 2 is 2.05 bits per heavy atom. The smallest absolute Gasteiger partial charge is 0.0857 e. The number of halogens is 1. The van der Waals surface area contributed by atoms with E-state index in [2.05, 4.69) is 60.2 Å². The predicted octanol–water partition coefficient (Wildman–Crippen LogP) is 3.71. The maximum Gasteiger partial charge on any atom is 0.0857 e. The average Bonchev–Trinajstić information content (AvgIpc) is 2.39. The summed E-state index contributed by atoms with van der Waals surface area (Å²) < 4.78 is 7.86. The van der Waals surface area contributed by atoms with E-state index < -0.39 is 0 Å². The van der Waals surface area contributed by atoms with Crippen LogP contribution in [0.5, 0.6) is 0 Å². The Kier molecular flexibility index (Phi) is 3.72. The molecule has 20 heavy (non-hydrogen) atoms. The van der Waals surface area contributed by atoms with Gasteiger partial charge in [-0.15, -0.1) is 0 Å². The zero-order chi connectivity index (χ0) is 14.4. The van der Waals surface area contributed by atoms with Crippen molar-refractivity contribution in [3.05, 3.63) is 33.8 Å². The molecule has 1 spiro atoms. The molecule has 1 heterocycles. The van der Waals surface area contributed by atoms with E-state index >= 15 is 0 Å². The third-order valence-electron chi connectivity index (χ3n) is 5.13. The fourth-order valence-electron chi connectivity index (χ4n) is 3.46. The van der Waals surface area contributed by atoms with Crippen LogP contribution in [0.2, 0.25) is 0 Å². The minimum atomic E-state index is -0.0505. The molecule has 2 aliphatic rings. The van der Waals surface area contributed by atoms with Gasteiger partial charge < -0.3 is 10.1 Å². The van der Waals surface area contributed by atoms with E-state index in [1.54, 1.807) is 0 Å². The van der Waals surface area contributed by atoms with Gasteiger partial charge >= 0.3 is 0 Å². The number of fused-ring (bicyclic) bond motifs is 1. The van der Waals surface area contributed by atoms with E-state index in [1.165, 1.54) is 15.6 Å². The van der Waals surface area contributed by atoms with Gasteiger partial charge in [0.15, 0.2) is 0 Å². The Labute approximate surface area is 130 Å². The largest absolute Gasteiger partial charge is 0.366 e. The lowest BCUT2D eigenvalue weighted by Crippen LogP contribution is -2.62. The zero-order valence-electron chi connectivity index (χ0n) is 12.6. The Morgan fingerprint density at radius 3 is 2.80 bits per heavy atom. The first-order valence-corrected chi connectivity index (χ1v) is 8.40. The fourth-order valence-corrected chi connectivity index (χ4v) is 3.87. The summed E-state index contributed by atoms with van der Waals surface area (Å²) in [6.45, 7) is 8.70. The van der Waals surface area contributed by atoms with E-state index in [1.807, 2.05) is 0 Å². The van der Waals surface area contributed by atoms with Crippen LogP contribution in [0.4, 0.5) is 0 Å². The molecule has 2 nitrogen and oxygen atoms in total. The van der Waals surface area contributed by atoms with E-state index in [0.717, 1.165) is 32.4 Å². The van der Waals surface area contributed by atoms with Crippen LogP contribution in [-0.4, -0.2) is 24.3 Å². The molecule has 0 saturated carbocycles. The molecule has 3 rings (SSSR count). The summed E-state index contributed by atoms with van der Waals surface area (Å²) >= 11 is 3.57. The van der Waals surface area contributed by atoms with Crippen LogP contribution in [0.25, 0.3) is 0 Å². The van der Waals surface area contributed by atoms with Gasteiger partial charge in [-0.3, -0.25) is 0 Å². The fraction of sp³-hybridized carbons (Fsp3) is 0.647. The van der Waals surface area contributed by atoms with Crippen LogP contribution in [-0.2, 0) is 17.6 Å². The number of hydrogen-bond acceptors (Lipinski definition) is 2. The Bertz CT molecular complexity index is 516. The number of rotatable bonds is 1. The summed E-state index contributed by atoms with van der Waals surface area (Å²) in [4.78, 5) is 0. The van der Waals surface area contributed by atoms with Crippen molar-refractivity contribution >= 4 is 15.9 Å². The normalized spacial score (nSPS) is 33.5. The molecule has 1 aliphatic carbocycles. The molecule has 1 aromatic rings. The van der Waals surface area contributed by atoms with Gasteiger partial charge in [-0.2, -0.15) is 0 Å². The highest BCUT2D eigenvalue weighted by molar-refractivity contribution is 9.10. The minimum Gasteiger partial charge on any atom is -0.366 e. The second-order valence-corrected chi connectivity index (χ2v) is 7.86. The maximum absolute atomic E-state index is 6.68. The highest BCUT2D eigenvalue weighted by Gasteiger charge is 2.46. The molecule has 0 bridgehead atoms. The van der Waals surface area contributed by atoms with Crippen molar-refractivity contribution in [2.24, 2.45) is 5.92 Å². The zero-order valence-corrected chi connectivity index (χ0v) is 14.2. The lowest BCUT2D eigenvalue weighted by atomic mass is 9.77. The summed E-state index contributed by atoms with van der Waals surface area (Å²) in [5.41, 5.74) is 2.86. The third-order valence-corrected chi connectivity index (χ3v) is 5.62. The van der Waals surface area contributed by atoms with Crippen LogP contribution in [0.1, 0.15) is 38.3 Å². The molecule has 0 amide bonds. The van der Waals surface area contributed by atoms with Crippen molar-refractivity contribution in [2.75, 3.05) is 13.1 Å². The molecule has 2 atom stereocenters. The summed E-state index contributed by atoms with van der Waals surface area (Å²) in [5, 5.41) is 3.63. The van der Waals surface area contributed by atoms with Gasteiger partial charge in [0.2, 0.25) is 0 Å². The Morgan fingerprint density at radius 1 is 1.25 bits per heavy atom. The van der Waals surface area contributed by atoms with Gasteiger partial charge in [0.25, 0.3) is 0 Å². The maximum atomic E-state index is 6.68. The molecule has 1 aliphatic heterocycles. The van der Waals surface area contributed by atoms with Crippen LogP contribution in [0.3, 0.4) is 0 Å². The number of aryl methyl sites for hydroxylation is 1. The number of nitrogens with one attached hydrogen (secondary N) is 1. The molecule has 1 aromatic carbocycles. The van der Waals surface area contributed by atoms with Gasteiger partial charge in [0.1, 0.15) is 0 Å². The predicted molar refractivity (Wildman–Crippen MR) is 86.1 cm³/mol. The van der Waals surface area contributed by atoms with Gasteiger partial charge in [0, 0.05) is 24.0 Å². The number of hydrogen-bond donors (Lipinski definition) is 1. The number of ether oxygens (including phenoxy) is 1. The highest BCUT2D eigenvalue weighted by Crippen LogP contribution is 2.39. The summed E-state index contributed by atoms with van der Waals surface area (Å²) in [6, 6.07) is 6.67. The van der Waals surface area contributed by atoms with Gasteiger partial charge in [0.05, 0.1) is 11.2 Å². The highest BCUT2D eigenvalue weighted by atomic mass is 79.9. The monoisotopic (exact) mass is 337 g/mol. The molecule has 0 aromatic heterocycles. The molecule has 0 radical (unpaired) electrons. The summed E-state index contributed by atoms with van der Waals surface area (Å²) in [5.74, 6) is 0.526. The quantitative estimate of drug-likeness (QED) is 0.843. The van der Waals surface area contributed by atoms with Crippen LogP contribution >= 0.6 is 15.9 Å². The molecule has 110 valence electrons. The van der Waals surface area contributed by atoms with Crippen molar-refractivity contribution in [2.45, 2.75) is 51.2 Å². The number of morpholine rings is 1. The standard InChI is InChI=1S/C17H24BrNO/c1-12(2)16(3)10-19-11-17(20-16)7-6-13-8-15(18)5-4-14(13)9-17/h4-5,8,12,19H,6-7,9-11H2,1-3H3. The first kappa shape index (κ1) is 14.6. The molecule has 2 unspecified atom stereocenters. The summed E-state index contributed by atoms with van der Waals surface area (Å²) in [7, 11) is 0. The second kappa shape index (κ2) is 5.11. The van der Waals surface area contributed by atoms with Crippen LogP contribution in [0.15, 0.2) is 22.7 Å². The molecule has 1 N–H and O–H groups in total. The Hall–Kier alpha value is -0.380. The third kappa shape index (κ3) is 2.56. The molecule has 1 saturated heterocycles. The SMILES string of the molecule is CC(C)C1(C)CNCC2(CCc3cc(Br)ccc3C2)O1. The minimum absolute atomic E-state index is 0.0158. The lowest BCUT2D eigenvalue weighted by Gasteiger charge is -2.51. The van der Waals surface area contributed by atoms with E-state index in [0.29, 0.717) is 5.92 Å². The van der Waals surface area contributed by atoms with Gasteiger partial charge in [-0.05, 0) is 48.9 Å². The Balaban J connectivity index is 1.86. The molecular weight excluding hydrogens is 314 g/mol. The second-order valence-electron chi connectivity index (χ2n) is 6.95. The van der Waals surface area contributed by atoms with Crippen molar-refractivity contribution in [3.8, 4) is 0 Å². The van der Waals surface area contributed by atoms with Gasteiger partial charge in [-0.1, -0.05) is 35.8 Å². The lowest BCUT2D eigenvalue weighted by molar-refractivity contribution is -0.193. The molecule has 1 fully saturated rings. The van der Waals surface area contributed by atoms with Crippen LogP contribution in [0, 0.1) is 5.92 Å². The van der Waals surface area contributed by atoms with E-state index in [4.69, 9.17) is 4.74 Å². The van der Waals surface area contributed by atoms with Crippen molar-refractivity contribution < 1.29 is 4.74 Å². The van der Waals surface area contributed by atoms with Crippen LogP contribution < -0.4 is 5.32 Å². The first-order chi connectivity index (χ1) is 9.42. The van der Waals surface area contributed by atoms with Crippen molar-refractivity contribution in [1.82, 2.24) is 5.32 Å². The van der Waals surface area contributed by atoms with Crippen molar-refractivity contribution in [3.63, 3.8) is 0 Å². The average molecular weight is 338 g/mol. The molecular formula is C17H24BrNO. The first-order valence-electron chi connectivity index (χ1n) is 7.61. The van der Waals surface area contributed by atoms with E-state index in [9.17, 15) is 0 Å². The van der Waals surface area contributed by atoms with Crippen molar-refractivity contribution in [1.29, 1.82) is 0 Å². The van der Waals surface area contributed by atoms with Gasteiger partial charge in [-0.25, -0.2) is 0 Å². The number of benzene rings is 1.